The van der Waals surface area contributed by atoms with Gasteiger partial charge in [0.1, 0.15) is 42.0 Å². The minimum atomic E-state index is -5.94. The third-order valence-electron chi connectivity index (χ3n) is 15.0. The zero-order valence-electron chi connectivity index (χ0n) is 41.0. The van der Waals surface area contributed by atoms with Crippen LogP contribution in [0.3, 0.4) is 0 Å². The van der Waals surface area contributed by atoms with Gasteiger partial charge in [-0.05, 0) is 62.8 Å². The minimum Gasteiger partial charge on any atom is -0.462 e. The average molecular weight is 1010 g/mol. The molecule has 1 aliphatic carbocycles. The second-order valence-electron chi connectivity index (χ2n) is 19.9. The molecule has 1 spiro atoms. The van der Waals surface area contributed by atoms with E-state index >= 15 is 0 Å². The van der Waals surface area contributed by atoms with E-state index in [0.29, 0.717) is 24.0 Å². The van der Waals surface area contributed by atoms with Gasteiger partial charge in [0.2, 0.25) is 0 Å². The smallest absolute Gasteiger partial charge is 0.462 e. The Balaban J connectivity index is 1.14. The highest BCUT2D eigenvalue weighted by molar-refractivity contribution is 7.87. The van der Waals surface area contributed by atoms with Gasteiger partial charge in [-0.3, -0.25) is 8.98 Å². The number of halogens is 3. The van der Waals surface area contributed by atoms with E-state index in [0.717, 1.165) is 12.0 Å². The van der Waals surface area contributed by atoms with Crippen LogP contribution in [0.25, 0.3) is 0 Å². The number of carbonyl (C=O) groups is 1. The van der Waals surface area contributed by atoms with E-state index in [4.69, 9.17) is 47.4 Å². The Morgan fingerprint density at radius 2 is 1.55 bits per heavy atom. The van der Waals surface area contributed by atoms with E-state index in [-0.39, 0.29) is 49.7 Å². The van der Waals surface area contributed by atoms with Gasteiger partial charge in [0, 0.05) is 51.7 Å². The van der Waals surface area contributed by atoms with E-state index in [1.165, 1.54) is 21.1 Å². The summed E-state index contributed by atoms with van der Waals surface area (Å²) in [4.78, 5) is 14.4. The number of methoxy groups -OCH3 is 2. The van der Waals surface area contributed by atoms with Crippen LogP contribution in [0.5, 0.6) is 0 Å². The van der Waals surface area contributed by atoms with Crippen molar-refractivity contribution in [1.82, 2.24) is 0 Å². The Kier molecular flexibility index (Phi) is 16.9. The van der Waals surface area contributed by atoms with Crippen LogP contribution < -0.4 is 0 Å². The summed E-state index contributed by atoms with van der Waals surface area (Å²) in [6.07, 6.45) is 3.14. The molecule has 6 heterocycles. The minimum absolute atomic E-state index is 0.0301. The fraction of sp³-hybridized carbons (Fsp3) is 0.776. The molecule has 2 bridgehead atoms. The summed E-state index contributed by atoms with van der Waals surface area (Å²) in [5.74, 6) is -2.95. The van der Waals surface area contributed by atoms with Crippen molar-refractivity contribution in [3.05, 3.63) is 59.3 Å². The molecule has 7 aliphatic rings. The van der Waals surface area contributed by atoms with Gasteiger partial charge in [0.15, 0.2) is 18.4 Å². The van der Waals surface area contributed by atoms with Crippen molar-refractivity contribution in [2.75, 3.05) is 20.8 Å². The number of fused-ring (bicyclic) bond motifs is 2. The molecule has 16 nitrogen and oxygen atoms in total. The van der Waals surface area contributed by atoms with Crippen LogP contribution in [-0.4, -0.2) is 148 Å². The Labute approximate surface area is 403 Å². The number of hydrogen-bond donors (Lipinski definition) is 2. The molecule has 6 aliphatic heterocycles. The van der Waals surface area contributed by atoms with Gasteiger partial charge in [-0.2, -0.15) is 21.6 Å². The third-order valence-corrected chi connectivity index (χ3v) is 16.0. The predicted molar refractivity (Wildman–Crippen MR) is 241 cm³/mol. The number of aliphatic hydroxyl groups is 2. The first kappa shape index (κ1) is 54.2. The predicted octanol–water partition coefficient (Wildman–Crippen LogP) is 6.25. The van der Waals surface area contributed by atoms with Crippen molar-refractivity contribution in [2.45, 2.75) is 197 Å². The molecule has 0 radical (unpaired) electrons. The van der Waals surface area contributed by atoms with Crippen molar-refractivity contribution >= 4 is 16.1 Å². The molecule has 0 aromatic heterocycles. The fourth-order valence-electron chi connectivity index (χ4n) is 10.9. The molecule has 7 rings (SSSR count). The van der Waals surface area contributed by atoms with E-state index < -0.39 is 119 Å². The maximum absolute atomic E-state index is 14.4. The van der Waals surface area contributed by atoms with Crippen LogP contribution in [0, 0.1) is 23.7 Å². The van der Waals surface area contributed by atoms with E-state index in [2.05, 4.69) is 37.1 Å². The lowest BCUT2D eigenvalue weighted by Crippen LogP contribution is -2.58. The number of hydrogen-bond acceptors (Lipinski definition) is 16. The molecule has 0 saturated carbocycles. The SMILES string of the molecule is CC[C@@H](C)[C@H]1O[C@]2(C=C[C@@H]1C)C[C@@H]1C[C@@H](C/C=C(\C)[C@@H](O[C@H]3C[C@H](OC)[C@@H](O[C@H]4C[C@H](OC)[C@H](OS(=O)(=O)C(F)(F)F)[C@H](C)O4)[C@H](C)O3)[C@@H](C)/C=C/C=C3\CO[C@@H]4[C@H](O)C(C)=C[C@@H](C(=O)O1)[C@]34O)O2. The maximum atomic E-state index is 14.4. The van der Waals surface area contributed by atoms with Crippen LogP contribution in [0.1, 0.15) is 93.9 Å². The zero-order chi connectivity index (χ0) is 50.4. The van der Waals surface area contributed by atoms with Crippen LogP contribution in [0.15, 0.2) is 59.3 Å². The number of esters is 1. The molecule has 69 heavy (non-hydrogen) atoms. The van der Waals surface area contributed by atoms with Crippen molar-refractivity contribution in [2.24, 2.45) is 23.7 Å². The molecular formula is C49H71F3O16S. The van der Waals surface area contributed by atoms with E-state index in [9.17, 15) is 36.6 Å². The van der Waals surface area contributed by atoms with Gasteiger partial charge in [0.25, 0.3) is 0 Å². The molecule has 4 saturated heterocycles. The fourth-order valence-corrected chi connectivity index (χ4v) is 11.6. The molecule has 0 amide bonds. The summed E-state index contributed by atoms with van der Waals surface area (Å²) >= 11 is 0. The molecule has 0 aromatic carbocycles. The second-order valence-corrected chi connectivity index (χ2v) is 21.5. The van der Waals surface area contributed by atoms with Gasteiger partial charge in [-0.25, -0.2) is 0 Å². The lowest BCUT2D eigenvalue weighted by Gasteiger charge is -2.48. The standard InChI is InChI=1S/C49H71F3O16S/c1-11-25(2)42-28(5)17-18-47(67-42)23-34-20-33(66-47)16-15-27(4)41(26(3)13-12-14-32-24-60-45-40(53)29(6)19-35(46(54)63-34)48(32,45)55)64-38-21-36(58-9)43(30(7)61-38)65-39-22-37(59-10)44(31(8)62-39)68-69(56,57)49(50,51)52/h12-15,17-19,25-26,28,30-31,33-45,53,55H,11,16,20-24H2,1-10H3/b13-12+,27-15+,32-14+/t25-,26+,28+,30+,31+,33-,34+,35+,36+,37+,38+,39+,40-,41+,42-,43+,44-,45-,47-,48-/m1/s1. The van der Waals surface area contributed by atoms with E-state index in [1.807, 2.05) is 26.0 Å². The molecule has 4 fully saturated rings. The molecule has 2 N–H and O–H groups in total. The molecule has 20 atom stereocenters. The van der Waals surface area contributed by atoms with Crippen molar-refractivity contribution in [1.29, 1.82) is 0 Å². The van der Waals surface area contributed by atoms with Crippen LogP contribution >= 0.6 is 0 Å². The van der Waals surface area contributed by atoms with Crippen LogP contribution in [-0.2, 0) is 66.5 Å². The Morgan fingerprint density at radius 3 is 2.20 bits per heavy atom. The largest absolute Gasteiger partial charge is 0.523 e. The lowest BCUT2D eigenvalue weighted by molar-refractivity contribution is -0.317. The maximum Gasteiger partial charge on any atom is 0.523 e. The number of alkyl halides is 3. The first-order chi connectivity index (χ1) is 32.4. The van der Waals surface area contributed by atoms with Gasteiger partial charge in [0.05, 0.1) is 49.3 Å². The highest BCUT2D eigenvalue weighted by Crippen LogP contribution is 2.47. The van der Waals surface area contributed by atoms with Crippen molar-refractivity contribution in [3.63, 3.8) is 0 Å². The summed E-state index contributed by atoms with van der Waals surface area (Å²) in [7, 11) is -3.19. The summed E-state index contributed by atoms with van der Waals surface area (Å²) in [6.45, 7) is 15.1. The molecule has 0 aromatic rings. The Hall–Kier alpha value is -2.57. The van der Waals surface area contributed by atoms with Gasteiger partial charge >= 0.3 is 21.6 Å². The number of allylic oxidation sites excluding steroid dienone is 2. The Morgan fingerprint density at radius 1 is 0.899 bits per heavy atom. The number of rotatable bonds is 10. The number of aliphatic hydroxyl groups excluding tert-OH is 1. The zero-order valence-corrected chi connectivity index (χ0v) is 41.9. The second kappa shape index (κ2) is 21.5. The lowest BCUT2D eigenvalue weighted by atomic mass is 9.71. The normalized spacial score (nSPS) is 45.9. The first-order valence-electron chi connectivity index (χ1n) is 24.1. The highest BCUT2D eigenvalue weighted by atomic mass is 32.2. The summed E-state index contributed by atoms with van der Waals surface area (Å²) in [6, 6.07) is 0. The number of ether oxygens (including phenoxy) is 10. The molecular weight excluding hydrogens is 934 g/mol. The van der Waals surface area contributed by atoms with Crippen molar-refractivity contribution in [3.8, 4) is 0 Å². The summed E-state index contributed by atoms with van der Waals surface area (Å²) < 4.78 is 131. The van der Waals surface area contributed by atoms with Gasteiger partial charge in [-0.15, -0.1) is 0 Å². The van der Waals surface area contributed by atoms with Gasteiger partial charge in [-0.1, -0.05) is 70.6 Å². The van der Waals surface area contributed by atoms with Gasteiger partial charge < -0.3 is 57.6 Å². The summed E-state index contributed by atoms with van der Waals surface area (Å²) in [5.41, 5.74) is -5.77. The number of carbonyl (C=O) groups excluding carboxylic acids is 1. The molecule has 0 unspecified atom stereocenters. The summed E-state index contributed by atoms with van der Waals surface area (Å²) in [5, 5.41) is 23.7. The topological polar surface area (TPSA) is 193 Å². The van der Waals surface area contributed by atoms with E-state index in [1.54, 1.807) is 32.1 Å². The monoisotopic (exact) mass is 1000 g/mol. The third kappa shape index (κ3) is 11.3. The van der Waals surface area contributed by atoms with Crippen LogP contribution in [0.2, 0.25) is 0 Å². The molecule has 390 valence electrons. The average Bonchev–Trinajstić information content (AvgIpc) is 3.63. The van der Waals surface area contributed by atoms with Crippen LogP contribution in [0.4, 0.5) is 13.2 Å². The quantitative estimate of drug-likeness (QED) is 0.108. The molecule has 20 heteroatoms. The first-order valence-corrected chi connectivity index (χ1v) is 25.5. The Bertz CT molecular complexity index is 2090. The highest BCUT2D eigenvalue weighted by Gasteiger charge is 2.60. The van der Waals surface area contributed by atoms with Crippen molar-refractivity contribution < 1.29 is 88.1 Å².